The number of carbonyl (C=O) groups is 2. The van der Waals surface area contributed by atoms with E-state index in [9.17, 15) is 9.59 Å². The van der Waals surface area contributed by atoms with Gasteiger partial charge in [-0.25, -0.2) is 4.79 Å². The van der Waals surface area contributed by atoms with E-state index in [1.54, 1.807) is 12.1 Å². The SMILES string of the molecule is COC(=O)c1ccc(C2Nc3cc(C)c(C)cc3NC3=C2C(=O)CC(C)(C)C3)cc1. The van der Waals surface area contributed by atoms with Gasteiger partial charge in [-0.15, -0.1) is 0 Å². The minimum Gasteiger partial charge on any atom is -0.465 e. The van der Waals surface area contributed by atoms with Crippen molar-refractivity contribution >= 4 is 23.1 Å². The summed E-state index contributed by atoms with van der Waals surface area (Å²) in [5, 5.41) is 7.18. The van der Waals surface area contributed by atoms with E-state index in [0.29, 0.717) is 12.0 Å². The molecule has 1 unspecified atom stereocenters. The van der Waals surface area contributed by atoms with Crippen LogP contribution in [-0.2, 0) is 9.53 Å². The van der Waals surface area contributed by atoms with Crippen LogP contribution in [0.1, 0.15) is 59.8 Å². The van der Waals surface area contributed by atoms with Crippen molar-refractivity contribution in [2.75, 3.05) is 17.7 Å². The summed E-state index contributed by atoms with van der Waals surface area (Å²) in [5.41, 5.74) is 7.46. The van der Waals surface area contributed by atoms with Crippen LogP contribution in [0.4, 0.5) is 11.4 Å². The molecule has 5 nitrogen and oxygen atoms in total. The van der Waals surface area contributed by atoms with Gasteiger partial charge in [-0.05, 0) is 66.6 Å². The van der Waals surface area contributed by atoms with Crippen LogP contribution in [0.25, 0.3) is 0 Å². The van der Waals surface area contributed by atoms with Crippen LogP contribution in [0.5, 0.6) is 0 Å². The molecule has 0 saturated heterocycles. The van der Waals surface area contributed by atoms with E-state index in [-0.39, 0.29) is 23.2 Å². The van der Waals surface area contributed by atoms with E-state index in [4.69, 9.17) is 4.74 Å². The molecule has 156 valence electrons. The Labute approximate surface area is 177 Å². The molecule has 0 spiro atoms. The first-order valence-corrected chi connectivity index (χ1v) is 10.3. The minimum atomic E-state index is -0.371. The fourth-order valence-corrected chi connectivity index (χ4v) is 4.39. The Morgan fingerprint density at radius 3 is 2.30 bits per heavy atom. The monoisotopic (exact) mass is 404 g/mol. The van der Waals surface area contributed by atoms with Gasteiger partial charge in [0.2, 0.25) is 0 Å². The van der Waals surface area contributed by atoms with Gasteiger partial charge in [0.05, 0.1) is 30.1 Å². The lowest BCUT2D eigenvalue weighted by Crippen LogP contribution is -2.31. The topological polar surface area (TPSA) is 67.4 Å². The fraction of sp³-hybridized carbons (Fsp3) is 0.360. The highest BCUT2D eigenvalue weighted by Gasteiger charge is 2.38. The van der Waals surface area contributed by atoms with Crippen molar-refractivity contribution in [2.45, 2.75) is 46.6 Å². The number of ether oxygens (including phenoxy) is 1. The van der Waals surface area contributed by atoms with E-state index in [0.717, 1.165) is 34.6 Å². The van der Waals surface area contributed by atoms with Crippen molar-refractivity contribution in [3.05, 3.63) is 69.9 Å². The van der Waals surface area contributed by atoms with Gasteiger partial charge in [0.25, 0.3) is 0 Å². The number of benzene rings is 2. The fourth-order valence-electron chi connectivity index (χ4n) is 4.39. The number of fused-ring (bicyclic) bond motifs is 1. The van der Waals surface area contributed by atoms with Crippen molar-refractivity contribution in [3.63, 3.8) is 0 Å². The standard InChI is InChI=1S/C25H28N2O3/c1-14-10-18-19(11-15(14)2)27-23(16-6-8-17(9-7-16)24(29)30-5)22-20(26-18)12-25(3,4)13-21(22)28/h6-11,23,26-27H,12-13H2,1-5H3. The first-order valence-electron chi connectivity index (χ1n) is 10.3. The number of ketones is 1. The third kappa shape index (κ3) is 3.60. The molecule has 0 fully saturated rings. The highest BCUT2D eigenvalue weighted by molar-refractivity contribution is 6.01. The molecule has 30 heavy (non-hydrogen) atoms. The Balaban J connectivity index is 1.85. The summed E-state index contributed by atoms with van der Waals surface area (Å²) in [6.45, 7) is 8.45. The molecule has 1 aliphatic carbocycles. The number of methoxy groups -OCH3 is 1. The molecule has 0 amide bonds. The number of allylic oxidation sites excluding steroid dienone is 1. The van der Waals surface area contributed by atoms with E-state index >= 15 is 0 Å². The Hall–Kier alpha value is -3.08. The maximum atomic E-state index is 13.3. The van der Waals surface area contributed by atoms with Gasteiger partial charge in [0.1, 0.15) is 0 Å². The summed E-state index contributed by atoms with van der Waals surface area (Å²) in [7, 11) is 1.37. The zero-order valence-electron chi connectivity index (χ0n) is 18.2. The average Bonchev–Trinajstić information content (AvgIpc) is 2.83. The highest BCUT2D eigenvalue weighted by atomic mass is 16.5. The number of rotatable bonds is 2. The van der Waals surface area contributed by atoms with Gasteiger partial charge in [-0.3, -0.25) is 4.79 Å². The second-order valence-corrected chi connectivity index (χ2v) is 9.13. The highest BCUT2D eigenvalue weighted by Crippen LogP contribution is 2.45. The van der Waals surface area contributed by atoms with Crippen LogP contribution in [0.15, 0.2) is 47.7 Å². The molecule has 5 heteroatoms. The number of esters is 1. The van der Waals surface area contributed by atoms with Crippen LogP contribution in [0.2, 0.25) is 0 Å². The zero-order valence-corrected chi connectivity index (χ0v) is 18.2. The molecule has 0 bridgehead atoms. The molecule has 2 aliphatic rings. The van der Waals surface area contributed by atoms with E-state index in [1.807, 2.05) is 12.1 Å². The molecule has 0 radical (unpaired) electrons. The first-order chi connectivity index (χ1) is 14.2. The van der Waals surface area contributed by atoms with Crippen LogP contribution >= 0.6 is 0 Å². The summed E-state index contributed by atoms with van der Waals surface area (Å²) < 4.78 is 4.81. The molecule has 1 heterocycles. The number of aryl methyl sites for hydroxylation is 2. The Morgan fingerprint density at radius 2 is 1.67 bits per heavy atom. The summed E-state index contributed by atoms with van der Waals surface area (Å²) in [4.78, 5) is 25.1. The van der Waals surface area contributed by atoms with Crippen LogP contribution < -0.4 is 10.6 Å². The Bertz CT molecular complexity index is 1060. The summed E-state index contributed by atoms with van der Waals surface area (Å²) in [6.07, 6.45) is 1.32. The molecule has 4 rings (SSSR count). The summed E-state index contributed by atoms with van der Waals surface area (Å²) >= 11 is 0. The minimum absolute atomic E-state index is 0.0908. The molecular weight excluding hydrogens is 376 g/mol. The molecule has 0 saturated carbocycles. The zero-order chi connectivity index (χ0) is 21.6. The van der Waals surface area contributed by atoms with Crippen LogP contribution in [0, 0.1) is 19.3 Å². The maximum absolute atomic E-state index is 13.3. The van der Waals surface area contributed by atoms with E-state index in [1.165, 1.54) is 18.2 Å². The summed E-state index contributed by atoms with van der Waals surface area (Å²) in [6, 6.07) is 11.3. The summed E-state index contributed by atoms with van der Waals surface area (Å²) in [5.74, 6) is -0.214. The number of nitrogens with one attached hydrogen (secondary N) is 2. The Kier molecular flexibility index (Phi) is 4.92. The Morgan fingerprint density at radius 1 is 1.03 bits per heavy atom. The number of carbonyl (C=O) groups excluding carboxylic acids is 2. The maximum Gasteiger partial charge on any atom is 0.337 e. The molecule has 1 aliphatic heterocycles. The number of Topliss-reactive ketones (excluding diaryl/α,β-unsaturated/α-hetero) is 1. The van der Waals surface area contributed by atoms with Gasteiger partial charge in [0.15, 0.2) is 5.78 Å². The van der Waals surface area contributed by atoms with Gasteiger partial charge >= 0.3 is 5.97 Å². The predicted molar refractivity (Wildman–Crippen MR) is 119 cm³/mol. The van der Waals surface area contributed by atoms with Crippen molar-refractivity contribution < 1.29 is 14.3 Å². The lowest BCUT2D eigenvalue weighted by Gasteiger charge is -2.34. The second kappa shape index (κ2) is 7.31. The molecule has 0 aromatic heterocycles. The number of hydrogen-bond donors (Lipinski definition) is 2. The van der Waals surface area contributed by atoms with E-state index in [2.05, 4.69) is 50.5 Å². The number of anilines is 2. The molecule has 1 atom stereocenters. The average molecular weight is 405 g/mol. The van der Waals surface area contributed by atoms with Crippen molar-refractivity contribution in [1.29, 1.82) is 0 Å². The van der Waals surface area contributed by atoms with Crippen molar-refractivity contribution in [2.24, 2.45) is 5.41 Å². The molecule has 2 aromatic carbocycles. The van der Waals surface area contributed by atoms with Crippen molar-refractivity contribution in [1.82, 2.24) is 0 Å². The quantitative estimate of drug-likeness (QED) is 0.664. The second-order valence-electron chi connectivity index (χ2n) is 9.13. The molecule has 2 N–H and O–H groups in total. The van der Waals surface area contributed by atoms with Gasteiger partial charge in [-0.1, -0.05) is 26.0 Å². The van der Waals surface area contributed by atoms with Crippen molar-refractivity contribution in [3.8, 4) is 0 Å². The largest absolute Gasteiger partial charge is 0.465 e. The normalized spacial score (nSPS) is 19.8. The van der Waals surface area contributed by atoms with Gasteiger partial charge in [0, 0.05) is 17.7 Å². The number of hydrogen-bond acceptors (Lipinski definition) is 5. The third-order valence-electron chi connectivity index (χ3n) is 6.09. The lowest BCUT2D eigenvalue weighted by molar-refractivity contribution is -0.118. The van der Waals surface area contributed by atoms with Crippen LogP contribution in [-0.4, -0.2) is 18.9 Å². The molecule has 2 aromatic rings. The van der Waals surface area contributed by atoms with E-state index < -0.39 is 0 Å². The van der Waals surface area contributed by atoms with Crippen LogP contribution in [0.3, 0.4) is 0 Å². The molecular formula is C25H28N2O3. The van der Waals surface area contributed by atoms with Gasteiger partial charge < -0.3 is 15.4 Å². The lowest BCUT2D eigenvalue weighted by atomic mass is 9.73. The van der Waals surface area contributed by atoms with Gasteiger partial charge in [-0.2, -0.15) is 0 Å². The third-order valence-corrected chi connectivity index (χ3v) is 6.09. The first kappa shape index (κ1) is 20.2. The predicted octanol–water partition coefficient (Wildman–Crippen LogP) is 5.31. The smallest absolute Gasteiger partial charge is 0.337 e.